The van der Waals surface area contributed by atoms with E-state index in [0.717, 1.165) is 18.1 Å². The Morgan fingerprint density at radius 3 is 3.00 bits per heavy atom. The van der Waals surface area contributed by atoms with Crippen molar-refractivity contribution < 1.29 is 0 Å². The average molecular weight is 222 g/mol. The van der Waals surface area contributed by atoms with Crippen LogP contribution in [0, 0.1) is 6.92 Å². The lowest BCUT2D eigenvalue weighted by Crippen LogP contribution is -2.19. The van der Waals surface area contributed by atoms with Crippen molar-refractivity contribution >= 4 is 11.3 Å². The van der Waals surface area contributed by atoms with Crippen LogP contribution in [0.1, 0.15) is 29.4 Å². The molecule has 0 aromatic carbocycles. The van der Waals surface area contributed by atoms with Crippen LogP contribution in [0.4, 0.5) is 0 Å². The summed E-state index contributed by atoms with van der Waals surface area (Å²) in [7, 11) is 0. The highest BCUT2D eigenvalue weighted by molar-refractivity contribution is 7.09. The molecule has 0 amide bonds. The molecule has 0 aliphatic heterocycles. The molecule has 0 radical (unpaired) electrons. The highest BCUT2D eigenvalue weighted by Gasteiger charge is 2.08. The van der Waals surface area contributed by atoms with Crippen LogP contribution in [0.5, 0.6) is 0 Å². The van der Waals surface area contributed by atoms with Gasteiger partial charge in [0.2, 0.25) is 0 Å². The normalized spacial score (nSPS) is 12.9. The zero-order valence-corrected chi connectivity index (χ0v) is 9.64. The van der Waals surface area contributed by atoms with Gasteiger partial charge in [-0.25, -0.2) is 9.97 Å². The average Bonchev–Trinajstić information content (AvgIpc) is 2.85. The lowest BCUT2D eigenvalue weighted by molar-refractivity contribution is 0.553. The molecule has 2 rings (SSSR count). The van der Waals surface area contributed by atoms with E-state index in [2.05, 4.69) is 27.2 Å². The molecule has 1 unspecified atom stereocenters. The Balaban J connectivity index is 1.91. The molecule has 1 atom stereocenters. The van der Waals surface area contributed by atoms with E-state index in [0.29, 0.717) is 0 Å². The topological polar surface area (TPSA) is 53.6 Å². The third-order valence-corrected chi connectivity index (χ3v) is 3.28. The SMILES string of the molecule is Cc1ncsc1CNC(C)c1ncc[nH]1. The summed E-state index contributed by atoms with van der Waals surface area (Å²) in [6.07, 6.45) is 3.61. The van der Waals surface area contributed by atoms with Crippen LogP contribution in [0.3, 0.4) is 0 Å². The number of aromatic nitrogens is 3. The number of H-pyrrole nitrogens is 1. The Morgan fingerprint density at radius 2 is 2.40 bits per heavy atom. The third kappa shape index (κ3) is 2.43. The van der Waals surface area contributed by atoms with Gasteiger partial charge in [-0.2, -0.15) is 0 Å². The van der Waals surface area contributed by atoms with E-state index in [4.69, 9.17) is 0 Å². The van der Waals surface area contributed by atoms with Crippen LogP contribution in [0.25, 0.3) is 0 Å². The first-order valence-corrected chi connectivity index (χ1v) is 5.77. The molecule has 2 aromatic heterocycles. The minimum atomic E-state index is 0.238. The zero-order valence-electron chi connectivity index (χ0n) is 8.82. The molecule has 5 heteroatoms. The lowest BCUT2D eigenvalue weighted by Gasteiger charge is -2.10. The van der Waals surface area contributed by atoms with E-state index < -0.39 is 0 Å². The van der Waals surface area contributed by atoms with Crippen molar-refractivity contribution in [2.45, 2.75) is 26.4 Å². The van der Waals surface area contributed by atoms with E-state index in [1.54, 1.807) is 17.5 Å². The molecule has 80 valence electrons. The molecule has 0 spiro atoms. The van der Waals surface area contributed by atoms with E-state index in [9.17, 15) is 0 Å². The number of hydrogen-bond acceptors (Lipinski definition) is 4. The lowest BCUT2D eigenvalue weighted by atomic mass is 10.3. The number of aryl methyl sites for hydroxylation is 1. The highest BCUT2D eigenvalue weighted by Crippen LogP contribution is 2.13. The summed E-state index contributed by atoms with van der Waals surface area (Å²) < 4.78 is 0. The molecule has 4 nitrogen and oxygen atoms in total. The predicted octanol–water partition coefficient (Wildman–Crippen LogP) is 2.03. The summed E-state index contributed by atoms with van der Waals surface area (Å²) in [6.45, 7) is 4.97. The molecule has 0 fully saturated rings. The maximum absolute atomic E-state index is 4.21. The second-order valence-corrected chi connectivity index (χ2v) is 4.38. The Morgan fingerprint density at radius 1 is 1.53 bits per heavy atom. The summed E-state index contributed by atoms with van der Waals surface area (Å²) in [5.74, 6) is 0.970. The van der Waals surface area contributed by atoms with Gasteiger partial charge >= 0.3 is 0 Å². The molecular formula is C10H14N4S. The maximum atomic E-state index is 4.21. The summed E-state index contributed by atoms with van der Waals surface area (Å²) >= 11 is 1.68. The number of imidazole rings is 1. The van der Waals surface area contributed by atoms with E-state index >= 15 is 0 Å². The fourth-order valence-electron chi connectivity index (χ4n) is 1.35. The van der Waals surface area contributed by atoms with Crippen LogP contribution in [-0.4, -0.2) is 15.0 Å². The number of hydrogen-bond donors (Lipinski definition) is 2. The minimum absolute atomic E-state index is 0.238. The van der Waals surface area contributed by atoms with Gasteiger partial charge in [0.05, 0.1) is 17.2 Å². The minimum Gasteiger partial charge on any atom is -0.347 e. The molecule has 2 aromatic rings. The van der Waals surface area contributed by atoms with Gasteiger partial charge in [0.15, 0.2) is 0 Å². The number of nitrogens with zero attached hydrogens (tertiary/aromatic N) is 2. The van der Waals surface area contributed by atoms with Gasteiger partial charge in [-0.3, -0.25) is 0 Å². The number of rotatable bonds is 4. The smallest absolute Gasteiger partial charge is 0.122 e. The Hall–Kier alpha value is -1.20. The Bertz CT molecular complexity index is 407. The van der Waals surface area contributed by atoms with Crippen LogP contribution in [-0.2, 0) is 6.54 Å². The molecule has 0 aliphatic carbocycles. The zero-order chi connectivity index (χ0) is 10.7. The highest BCUT2D eigenvalue weighted by atomic mass is 32.1. The number of aromatic amines is 1. The monoisotopic (exact) mass is 222 g/mol. The van der Waals surface area contributed by atoms with Gasteiger partial charge in [0.1, 0.15) is 5.82 Å². The van der Waals surface area contributed by atoms with E-state index in [1.165, 1.54) is 4.88 Å². The summed E-state index contributed by atoms with van der Waals surface area (Å²) in [5.41, 5.74) is 2.99. The summed E-state index contributed by atoms with van der Waals surface area (Å²) in [4.78, 5) is 12.8. The van der Waals surface area contributed by atoms with Crippen molar-refractivity contribution in [1.82, 2.24) is 20.3 Å². The summed E-state index contributed by atoms with van der Waals surface area (Å²) in [5, 5.41) is 3.40. The van der Waals surface area contributed by atoms with Crippen molar-refractivity contribution in [3.8, 4) is 0 Å². The largest absolute Gasteiger partial charge is 0.347 e. The van der Waals surface area contributed by atoms with Gasteiger partial charge < -0.3 is 10.3 Å². The maximum Gasteiger partial charge on any atom is 0.122 e. The van der Waals surface area contributed by atoms with Crippen LogP contribution < -0.4 is 5.32 Å². The van der Waals surface area contributed by atoms with Gasteiger partial charge in [-0.05, 0) is 13.8 Å². The van der Waals surface area contributed by atoms with E-state index in [1.807, 2.05) is 18.6 Å². The van der Waals surface area contributed by atoms with Gasteiger partial charge in [0, 0.05) is 23.8 Å². The van der Waals surface area contributed by atoms with Gasteiger partial charge in [-0.1, -0.05) is 0 Å². The fraction of sp³-hybridized carbons (Fsp3) is 0.400. The van der Waals surface area contributed by atoms with Crippen LogP contribution >= 0.6 is 11.3 Å². The Kier molecular flexibility index (Phi) is 3.13. The second-order valence-electron chi connectivity index (χ2n) is 3.44. The molecule has 15 heavy (non-hydrogen) atoms. The van der Waals surface area contributed by atoms with Crippen LogP contribution in [0.15, 0.2) is 17.9 Å². The standard InChI is InChI=1S/C10H14N4S/c1-7-9(15-6-14-7)5-13-8(2)10-11-3-4-12-10/h3-4,6,8,13H,5H2,1-2H3,(H,11,12). The molecule has 2 heterocycles. The van der Waals surface area contributed by atoms with Crippen LogP contribution in [0.2, 0.25) is 0 Å². The number of thiazole rings is 1. The van der Waals surface area contributed by atoms with Crippen molar-refractivity contribution in [3.63, 3.8) is 0 Å². The van der Waals surface area contributed by atoms with Crippen molar-refractivity contribution in [2.24, 2.45) is 0 Å². The quantitative estimate of drug-likeness (QED) is 0.832. The first kappa shape index (κ1) is 10.3. The second kappa shape index (κ2) is 4.55. The summed E-state index contributed by atoms with van der Waals surface area (Å²) in [6, 6.07) is 0.238. The van der Waals surface area contributed by atoms with Crippen molar-refractivity contribution in [3.05, 3.63) is 34.3 Å². The number of nitrogens with one attached hydrogen (secondary N) is 2. The first-order chi connectivity index (χ1) is 7.27. The fourth-order valence-corrected chi connectivity index (χ4v) is 2.08. The van der Waals surface area contributed by atoms with Crippen molar-refractivity contribution in [1.29, 1.82) is 0 Å². The Labute approximate surface area is 92.8 Å². The predicted molar refractivity (Wildman–Crippen MR) is 60.7 cm³/mol. The molecule has 2 N–H and O–H groups in total. The molecular weight excluding hydrogens is 208 g/mol. The molecule has 0 saturated carbocycles. The molecule has 0 bridgehead atoms. The van der Waals surface area contributed by atoms with E-state index in [-0.39, 0.29) is 6.04 Å². The molecule has 0 saturated heterocycles. The third-order valence-electron chi connectivity index (χ3n) is 2.34. The molecule has 0 aliphatic rings. The van der Waals surface area contributed by atoms with Crippen molar-refractivity contribution in [2.75, 3.05) is 0 Å². The van der Waals surface area contributed by atoms with Gasteiger partial charge in [0.25, 0.3) is 0 Å². The van der Waals surface area contributed by atoms with Gasteiger partial charge in [-0.15, -0.1) is 11.3 Å². The first-order valence-electron chi connectivity index (χ1n) is 4.89.